The Bertz CT molecular complexity index is 431. The lowest BCUT2D eigenvalue weighted by Crippen LogP contribution is -2.37. The minimum absolute atomic E-state index is 0.331. The molecule has 0 aromatic carbocycles. The van der Waals surface area contributed by atoms with Crippen LogP contribution in [-0.4, -0.2) is 33.4 Å². The molecular weight excluding hydrogens is 208 g/mol. The zero-order valence-corrected chi connectivity index (χ0v) is 8.72. The highest BCUT2D eigenvalue weighted by molar-refractivity contribution is 5.93. The second-order valence-corrected chi connectivity index (χ2v) is 3.75. The Kier molecular flexibility index (Phi) is 2.85. The molecule has 16 heavy (non-hydrogen) atoms. The van der Waals surface area contributed by atoms with Gasteiger partial charge in [-0.25, -0.2) is 0 Å². The van der Waals surface area contributed by atoms with E-state index in [1.165, 1.54) is 0 Å². The first-order valence-electron chi connectivity index (χ1n) is 5.09. The molecule has 0 aliphatic carbocycles. The molecule has 0 saturated carbocycles. The molecule has 1 N–H and O–H groups in total. The fourth-order valence-electron chi connectivity index (χ4n) is 1.82. The average Bonchev–Trinajstić information content (AvgIpc) is 2.27. The third-order valence-corrected chi connectivity index (χ3v) is 2.62. The number of aliphatic carboxylic acids is 1. The summed E-state index contributed by atoms with van der Waals surface area (Å²) in [5.74, 6) is -1.41. The monoisotopic (exact) mass is 220 g/mol. The van der Waals surface area contributed by atoms with E-state index in [4.69, 9.17) is 5.11 Å². The molecule has 1 aliphatic rings. The standard InChI is InChI=1S/C11H12N2O3/c14-10(6-11(15)16)13-5-3-9-8(7-13)2-1-4-12-9/h1-2,4H,3,5-7H2,(H,15,16). The number of hydrogen-bond donors (Lipinski definition) is 1. The van der Waals surface area contributed by atoms with Crippen molar-refractivity contribution < 1.29 is 14.7 Å². The van der Waals surface area contributed by atoms with Crippen molar-refractivity contribution in [3.05, 3.63) is 29.6 Å². The van der Waals surface area contributed by atoms with E-state index in [1.54, 1.807) is 11.1 Å². The van der Waals surface area contributed by atoms with E-state index in [9.17, 15) is 9.59 Å². The third-order valence-electron chi connectivity index (χ3n) is 2.62. The van der Waals surface area contributed by atoms with Gasteiger partial charge in [-0.2, -0.15) is 0 Å². The zero-order chi connectivity index (χ0) is 11.5. The molecule has 1 aromatic heterocycles. The van der Waals surface area contributed by atoms with Crippen molar-refractivity contribution in [2.75, 3.05) is 6.54 Å². The molecule has 0 bridgehead atoms. The molecule has 2 heterocycles. The highest BCUT2D eigenvalue weighted by atomic mass is 16.4. The van der Waals surface area contributed by atoms with Gasteiger partial charge in [0.1, 0.15) is 6.42 Å². The number of hydrogen-bond acceptors (Lipinski definition) is 3. The van der Waals surface area contributed by atoms with E-state index >= 15 is 0 Å². The quantitative estimate of drug-likeness (QED) is 0.734. The van der Waals surface area contributed by atoms with Crippen LogP contribution in [-0.2, 0) is 22.6 Å². The van der Waals surface area contributed by atoms with Gasteiger partial charge in [0.05, 0.1) is 0 Å². The van der Waals surface area contributed by atoms with Crippen molar-refractivity contribution in [1.29, 1.82) is 0 Å². The molecule has 1 amide bonds. The second-order valence-electron chi connectivity index (χ2n) is 3.75. The van der Waals surface area contributed by atoms with E-state index in [2.05, 4.69) is 4.98 Å². The lowest BCUT2D eigenvalue weighted by atomic mass is 10.1. The number of pyridine rings is 1. The van der Waals surface area contributed by atoms with Gasteiger partial charge < -0.3 is 10.0 Å². The van der Waals surface area contributed by atoms with Crippen LogP contribution < -0.4 is 0 Å². The predicted octanol–water partition coefficient (Wildman–Crippen LogP) is 0.441. The minimum atomic E-state index is -1.08. The van der Waals surface area contributed by atoms with Crippen molar-refractivity contribution in [3.8, 4) is 0 Å². The first-order chi connectivity index (χ1) is 7.66. The molecule has 0 radical (unpaired) electrons. The van der Waals surface area contributed by atoms with Gasteiger partial charge in [-0.1, -0.05) is 6.07 Å². The molecule has 0 fully saturated rings. The van der Waals surface area contributed by atoms with Gasteiger partial charge in [0.2, 0.25) is 5.91 Å². The highest BCUT2D eigenvalue weighted by Gasteiger charge is 2.22. The predicted molar refractivity (Wildman–Crippen MR) is 55.6 cm³/mol. The lowest BCUT2D eigenvalue weighted by Gasteiger charge is -2.27. The van der Waals surface area contributed by atoms with Gasteiger partial charge in [0.25, 0.3) is 0 Å². The van der Waals surface area contributed by atoms with Crippen molar-refractivity contribution in [2.45, 2.75) is 19.4 Å². The fraction of sp³-hybridized carbons (Fsp3) is 0.364. The molecule has 0 unspecified atom stereocenters. The van der Waals surface area contributed by atoms with E-state index in [0.717, 1.165) is 11.3 Å². The molecule has 1 aromatic rings. The molecule has 0 atom stereocenters. The Balaban J connectivity index is 2.08. The Morgan fingerprint density at radius 3 is 3.06 bits per heavy atom. The summed E-state index contributed by atoms with van der Waals surface area (Å²) in [7, 11) is 0. The summed E-state index contributed by atoms with van der Waals surface area (Å²) in [4.78, 5) is 27.8. The molecule has 2 rings (SSSR count). The molecule has 84 valence electrons. The summed E-state index contributed by atoms with van der Waals surface area (Å²) in [6.45, 7) is 1.02. The number of rotatable bonds is 2. The summed E-state index contributed by atoms with van der Waals surface area (Å²) in [5.41, 5.74) is 2.01. The second kappa shape index (κ2) is 4.30. The number of carboxylic acids is 1. The number of nitrogens with zero attached hydrogens (tertiary/aromatic N) is 2. The van der Waals surface area contributed by atoms with Crippen LogP contribution in [0.5, 0.6) is 0 Å². The Labute approximate surface area is 92.7 Å². The third kappa shape index (κ3) is 2.18. The first-order valence-corrected chi connectivity index (χ1v) is 5.09. The van der Waals surface area contributed by atoms with Crippen LogP contribution in [0.25, 0.3) is 0 Å². The SMILES string of the molecule is O=C(O)CC(=O)N1CCc2ncccc2C1. The van der Waals surface area contributed by atoms with Crippen LogP contribution in [0.4, 0.5) is 0 Å². The summed E-state index contributed by atoms with van der Waals surface area (Å²) in [6, 6.07) is 3.74. The largest absolute Gasteiger partial charge is 0.481 e. The Hall–Kier alpha value is -1.91. The molecule has 5 heteroatoms. The average molecular weight is 220 g/mol. The molecule has 0 saturated heterocycles. The van der Waals surface area contributed by atoms with Crippen molar-refractivity contribution in [3.63, 3.8) is 0 Å². The van der Waals surface area contributed by atoms with Crippen LogP contribution in [0.2, 0.25) is 0 Å². The van der Waals surface area contributed by atoms with Crippen molar-refractivity contribution in [1.82, 2.24) is 9.88 Å². The van der Waals surface area contributed by atoms with Gasteiger partial charge >= 0.3 is 5.97 Å². The first kappa shape index (κ1) is 10.6. The smallest absolute Gasteiger partial charge is 0.312 e. The van der Waals surface area contributed by atoms with Gasteiger partial charge in [0.15, 0.2) is 0 Å². The van der Waals surface area contributed by atoms with Crippen LogP contribution in [0.3, 0.4) is 0 Å². The normalized spacial score (nSPS) is 14.4. The molecule has 0 spiro atoms. The Morgan fingerprint density at radius 2 is 2.31 bits per heavy atom. The fourth-order valence-corrected chi connectivity index (χ4v) is 1.82. The summed E-state index contributed by atoms with van der Waals surface area (Å²) >= 11 is 0. The van der Waals surface area contributed by atoms with Gasteiger partial charge in [-0.15, -0.1) is 0 Å². The maximum absolute atomic E-state index is 11.5. The number of carboxylic acid groups (broad SMARTS) is 1. The number of carbonyl (C=O) groups is 2. The van der Waals surface area contributed by atoms with Gasteiger partial charge in [0, 0.05) is 31.4 Å². The maximum Gasteiger partial charge on any atom is 0.312 e. The number of amides is 1. The number of carbonyl (C=O) groups excluding carboxylic acids is 1. The minimum Gasteiger partial charge on any atom is -0.481 e. The van der Waals surface area contributed by atoms with E-state index in [-0.39, 0.29) is 5.91 Å². The summed E-state index contributed by atoms with van der Waals surface area (Å²) < 4.78 is 0. The van der Waals surface area contributed by atoms with Crippen molar-refractivity contribution in [2.24, 2.45) is 0 Å². The van der Waals surface area contributed by atoms with Gasteiger partial charge in [-0.05, 0) is 11.6 Å². The maximum atomic E-state index is 11.5. The number of aromatic nitrogens is 1. The number of fused-ring (bicyclic) bond motifs is 1. The Morgan fingerprint density at radius 1 is 1.50 bits per heavy atom. The van der Waals surface area contributed by atoms with Crippen LogP contribution in [0, 0.1) is 0 Å². The topological polar surface area (TPSA) is 70.5 Å². The lowest BCUT2D eigenvalue weighted by molar-refractivity contribution is -0.144. The van der Waals surface area contributed by atoms with E-state index < -0.39 is 12.4 Å². The summed E-state index contributed by atoms with van der Waals surface area (Å²) in [5, 5.41) is 8.55. The van der Waals surface area contributed by atoms with E-state index in [0.29, 0.717) is 19.5 Å². The summed E-state index contributed by atoms with van der Waals surface area (Å²) in [6.07, 6.45) is 1.99. The van der Waals surface area contributed by atoms with Gasteiger partial charge in [-0.3, -0.25) is 14.6 Å². The van der Waals surface area contributed by atoms with Crippen LogP contribution in [0.15, 0.2) is 18.3 Å². The van der Waals surface area contributed by atoms with Crippen LogP contribution >= 0.6 is 0 Å². The van der Waals surface area contributed by atoms with Crippen molar-refractivity contribution >= 4 is 11.9 Å². The van der Waals surface area contributed by atoms with Crippen LogP contribution in [0.1, 0.15) is 17.7 Å². The molecule has 1 aliphatic heterocycles. The molecule has 5 nitrogen and oxygen atoms in total. The zero-order valence-electron chi connectivity index (χ0n) is 8.72. The molecular formula is C11H12N2O3. The highest BCUT2D eigenvalue weighted by Crippen LogP contribution is 2.16. The van der Waals surface area contributed by atoms with E-state index in [1.807, 2.05) is 12.1 Å².